The summed E-state index contributed by atoms with van der Waals surface area (Å²) in [6, 6.07) is 5.34. The maximum Gasteiger partial charge on any atom is 0.260 e. The first-order chi connectivity index (χ1) is 12.0. The van der Waals surface area contributed by atoms with Crippen LogP contribution in [0.15, 0.2) is 18.2 Å². The van der Waals surface area contributed by atoms with Crippen molar-refractivity contribution in [3.63, 3.8) is 0 Å². The molecule has 1 aromatic carbocycles. The standard InChI is InChI=1S/C18H26ClN3O3.ClH/c1-13-10-15(5-6-16(13)19)25-12-18(24)22-9-3-2-4-14(22)11-21-17(23)7-8-20;/h5-6,10,14H,2-4,7-9,11-12,20H2,1H3,(H,21,23);1H. The fourth-order valence-corrected chi connectivity index (χ4v) is 3.04. The molecule has 2 rings (SSSR count). The second-order valence-electron chi connectivity index (χ2n) is 6.28. The van der Waals surface area contributed by atoms with Gasteiger partial charge in [0.1, 0.15) is 5.75 Å². The number of nitrogens with zero attached hydrogens (tertiary/aromatic N) is 1. The highest BCUT2D eigenvalue weighted by Crippen LogP contribution is 2.22. The Bertz CT molecular complexity index is 613. The molecule has 6 nitrogen and oxygen atoms in total. The first-order valence-electron chi connectivity index (χ1n) is 8.66. The highest BCUT2D eigenvalue weighted by molar-refractivity contribution is 6.31. The molecule has 1 aliphatic rings. The quantitative estimate of drug-likeness (QED) is 0.731. The Kier molecular flexibility index (Phi) is 9.76. The van der Waals surface area contributed by atoms with Crippen LogP contribution in [0.25, 0.3) is 0 Å². The molecule has 1 aromatic rings. The van der Waals surface area contributed by atoms with Crippen molar-refractivity contribution in [2.75, 3.05) is 26.2 Å². The number of nitrogens with two attached hydrogens (primary N) is 1. The zero-order valence-electron chi connectivity index (χ0n) is 15.0. The van der Waals surface area contributed by atoms with E-state index in [0.717, 1.165) is 24.8 Å². The van der Waals surface area contributed by atoms with Crippen LogP contribution >= 0.6 is 24.0 Å². The van der Waals surface area contributed by atoms with Gasteiger partial charge in [0.15, 0.2) is 6.61 Å². The van der Waals surface area contributed by atoms with E-state index in [0.29, 0.717) is 36.8 Å². The van der Waals surface area contributed by atoms with Gasteiger partial charge in [-0.2, -0.15) is 0 Å². The molecular formula is C18H27Cl2N3O3. The maximum absolute atomic E-state index is 12.5. The van der Waals surface area contributed by atoms with Crippen LogP contribution in [0.2, 0.25) is 5.02 Å². The lowest BCUT2D eigenvalue weighted by atomic mass is 10.0. The van der Waals surface area contributed by atoms with Crippen LogP contribution in [0, 0.1) is 6.92 Å². The van der Waals surface area contributed by atoms with Gasteiger partial charge in [-0.05, 0) is 49.9 Å². The Morgan fingerprint density at radius 3 is 2.85 bits per heavy atom. The van der Waals surface area contributed by atoms with E-state index in [1.165, 1.54) is 0 Å². The van der Waals surface area contributed by atoms with Gasteiger partial charge in [-0.15, -0.1) is 12.4 Å². The Morgan fingerprint density at radius 2 is 2.15 bits per heavy atom. The summed E-state index contributed by atoms with van der Waals surface area (Å²) in [5.41, 5.74) is 6.29. The lowest BCUT2D eigenvalue weighted by Crippen LogP contribution is -2.50. The lowest BCUT2D eigenvalue weighted by Gasteiger charge is -2.35. The van der Waals surface area contributed by atoms with Crippen molar-refractivity contribution >= 4 is 35.8 Å². The first-order valence-corrected chi connectivity index (χ1v) is 9.04. The van der Waals surface area contributed by atoms with E-state index in [-0.39, 0.29) is 36.9 Å². The molecule has 0 radical (unpaired) electrons. The zero-order valence-corrected chi connectivity index (χ0v) is 16.6. The summed E-state index contributed by atoms with van der Waals surface area (Å²) in [4.78, 5) is 26.0. The molecule has 1 atom stereocenters. The number of benzene rings is 1. The summed E-state index contributed by atoms with van der Waals surface area (Å²) in [6.07, 6.45) is 3.21. The molecule has 1 fully saturated rings. The van der Waals surface area contributed by atoms with E-state index in [1.54, 1.807) is 12.1 Å². The summed E-state index contributed by atoms with van der Waals surface area (Å²) in [5, 5.41) is 3.53. The SMILES string of the molecule is Cc1cc(OCC(=O)N2CCCCC2CNC(=O)CCN)ccc1Cl.Cl. The molecule has 3 N–H and O–H groups in total. The van der Waals surface area contributed by atoms with Gasteiger partial charge in [0.25, 0.3) is 5.91 Å². The number of halogens is 2. The van der Waals surface area contributed by atoms with Gasteiger partial charge < -0.3 is 20.7 Å². The number of rotatable bonds is 7. The highest BCUT2D eigenvalue weighted by atomic mass is 35.5. The molecule has 1 aliphatic heterocycles. The van der Waals surface area contributed by atoms with Crippen LogP contribution in [-0.4, -0.2) is 49.0 Å². The number of carbonyl (C=O) groups excluding carboxylic acids is 2. The molecule has 0 bridgehead atoms. The predicted octanol–water partition coefficient (Wildman–Crippen LogP) is 2.30. The summed E-state index contributed by atoms with van der Waals surface area (Å²) >= 11 is 5.99. The Morgan fingerprint density at radius 1 is 1.38 bits per heavy atom. The molecule has 26 heavy (non-hydrogen) atoms. The number of aryl methyl sites for hydroxylation is 1. The summed E-state index contributed by atoms with van der Waals surface area (Å²) in [6.45, 7) is 3.35. The van der Waals surface area contributed by atoms with Crippen LogP contribution in [0.3, 0.4) is 0 Å². The van der Waals surface area contributed by atoms with E-state index in [4.69, 9.17) is 22.1 Å². The first kappa shape index (κ1) is 22.5. The second kappa shape index (κ2) is 11.3. The third-order valence-electron chi connectivity index (χ3n) is 4.35. The van der Waals surface area contributed by atoms with Gasteiger partial charge >= 0.3 is 0 Å². The van der Waals surface area contributed by atoms with Gasteiger partial charge in [0.05, 0.1) is 0 Å². The Labute approximate surface area is 165 Å². The highest BCUT2D eigenvalue weighted by Gasteiger charge is 2.27. The van der Waals surface area contributed by atoms with Crippen LogP contribution < -0.4 is 15.8 Å². The van der Waals surface area contributed by atoms with Crippen LogP contribution in [-0.2, 0) is 9.59 Å². The maximum atomic E-state index is 12.5. The number of carbonyl (C=O) groups is 2. The number of nitrogens with one attached hydrogen (secondary N) is 1. The van der Waals surface area contributed by atoms with E-state index >= 15 is 0 Å². The normalized spacial score (nSPS) is 16.6. The van der Waals surface area contributed by atoms with Gasteiger partial charge in [-0.25, -0.2) is 0 Å². The van der Waals surface area contributed by atoms with Crippen molar-refractivity contribution in [2.24, 2.45) is 5.73 Å². The second-order valence-corrected chi connectivity index (χ2v) is 6.69. The van der Waals surface area contributed by atoms with Gasteiger partial charge in [0.2, 0.25) is 5.91 Å². The van der Waals surface area contributed by atoms with Crippen LogP contribution in [0.4, 0.5) is 0 Å². The average Bonchev–Trinajstić information content (AvgIpc) is 2.61. The van der Waals surface area contributed by atoms with Crippen molar-refractivity contribution in [3.8, 4) is 5.75 Å². The minimum Gasteiger partial charge on any atom is -0.484 e. The summed E-state index contributed by atoms with van der Waals surface area (Å²) in [5.74, 6) is 0.485. The third kappa shape index (κ3) is 6.67. The van der Waals surface area contributed by atoms with Crippen molar-refractivity contribution in [2.45, 2.75) is 38.6 Å². The fraction of sp³-hybridized carbons (Fsp3) is 0.556. The monoisotopic (exact) mass is 403 g/mol. The molecule has 1 unspecified atom stereocenters. The zero-order chi connectivity index (χ0) is 18.2. The molecule has 8 heteroatoms. The van der Waals surface area contributed by atoms with E-state index in [2.05, 4.69) is 5.32 Å². The number of piperidine rings is 1. The largest absolute Gasteiger partial charge is 0.484 e. The van der Waals surface area contributed by atoms with Crippen molar-refractivity contribution in [1.29, 1.82) is 0 Å². The molecule has 0 saturated carbocycles. The number of ether oxygens (including phenoxy) is 1. The molecule has 1 saturated heterocycles. The molecule has 0 aliphatic carbocycles. The minimum absolute atomic E-state index is 0. The Balaban J connectivity index is 0.00000338. The van der Waals surface area contributed by atoms with Crippen LogP contribution in [0.5, 0.6) is 5.75 Å². The number of hydrogen-bond donors (Lipinski definition) is 2. The smallest absolute Gasteiger partial charge is 0.260 e. The van der Waals surface area contributed by atoms with E-state index < -0.39 is 0 Å². The topological polar surface area (TPSA) is 84.7 Å². The molecular weight excluding hydrogens is 377 g/mol. The molecule has 146 valence electrons. The molecule has 0 aromatic heterocycles. The number of hydrogen-bond acceptors (Lipinski definition) is 4. The van der Waals surface area contributed by atoms with Gasteiger partial charge in [0, 0.05) is 37.1 Å². The van der Waals surface area contributed by atoms with Crippen LogP contribution in [0.1, 0.15) is 31.2 Å². The van der Waals surface area contributed by atoms with Gasteiger partial charge in [-0.3, -0.25) is 9.59 Å². The Hall–Kier alpha value is -1.50. The number of likely N-dealkylation sites (tertiary alicyclic amines) is 1. The fourth-order valence-electron chi connectivity index (χ4n) is 2.93. The van der Waals surface area contributed by atoms with Gasteiger partial charge in [-0.1, -0.05) is 11.6 Å². The summed E-state index contributed by atoms with van der Waals surface area (Å²) in [7, 11) is 0. The molecule has 1 heterocycles. The molecule has 0 spiro atoms. The van der Waals surface area contributed by atoms with Crippen molar-refractivity contribution < 1.29 is 14.3 Å². The average molecular weight is 404 g/mol. The molecule has 2 amide bonds. The van der Waals surface area contributed by atoms with Crippen molar-refractivity contribution in [1.82, 2.24) is 10.2 Å². The summed E-state index contributed by atoms with van der Waals surface area (Å²) < 4.78 is 5.62. The third-order valence-corrected chi connectivity index (χ3v) is 4.77. The van der Waals surface area contributed by atoms with E-state index in [9.17, 15) is 9.59 Å². The van der Waals surface area contributed by atoms with Crippen molar-refractivity contribution in [3.05, 3.63) is 28.8 Å². The predicted molar refractivity (Wildman–Crippen MR) is 105 cm³/mol. The lowest BCUT2D eigenvalue weighted by molar-refractivity contribution is -0.137. The number of amides is 2. The van der Waals surface area contributed by atoms with E-state index in [1.807, 2.05) is 17.9 Å². The minimum atomic E-state index is -0.0756.